The molecule has 0 bridgehead atoms. The van der Waals surface area contributed by atoms with Crippen LogP contribution in [0.5, 0.6) is 0 Å². The Bertz CT molecular complexity index is 780. The van der Waals surface area contributed by atoms with E-state index >= 15 is 0 Å². The number of carbonyl (C=O) groups excluding carboxylic acids is 3. The van der Waals surface area contributed by atoms with Crippen LogP contribution in [-0.2, 0) is 20.9 Å². The highest BCUT2D eigenvalue weighted by atomic mass is 16.3. The van der Waals surface area contributed by atoms with Gasteiger partial charge in [-0.05, 0) is 24.3 Å². The zero-order valence-electron chi connectivity index (χ0n) is 16.5. The van der Waals surface area contributed by atoms with Gasteiger partial charge >= 0.3 is 0 Å². The van der Waals surface area contributed by atoms with E-state index in [0.717, 1.165) is 0 Å². The van der Waals surface area contributed by atoms with Gasteiger partial charge in [-0.15, -0.1) is 0 Å². The molecular weight excluding hydrogens is 358 g/mol. The van der Waals surface area contributed by atoms with E-state index in [4.69, 9.17) is 4.42 Å². The summed E-state index contributed by atoms with van der Waals surface area (Å²) in [5.74, 6) is -0.0852. The number of furan rings is 1. The topological polar surface area (TPSA) is 91.7 Å². The Morgan fingerprint density at radius 1 is 1.04 bits per heavy atom. The van der Waals surface area contributed by atoms with Crippen LogP contribution in [0.4, 0.5) is 5.69 Å². The molecule has 1 heterocycles. The third-order valence-electron chi connectivity index (χ3n) is 3.98. The molecular formula is C21H27N3O4. The Balaban J connectivity index is 1.95. The van der Waals surface area contributed by atoms with E-state index in [1.54, 1.807) is 45.0 Å². The number of nitrogens with zero attached hydrogens (tertiary/aromatic N) is 1. The van der Waals surface area contributed by atoms with Gasteiger partial charge in [-0.1, -0.05) is 39.0 Å². The van der Waals surface area contributed by atoms with Crippen molar-refractivity contribution in [2.45, 2.75) is 33.7 Å². The second-order valence-electron chi connectivity index (χ2n) is 7.50. The molecule has 1 aromatic heterocycles. The monoisotopic (exact) mass is 385 g/mol. The fourth-order valence-corrected chi connectivity index (χ4v) is 2.42. The van der Waals surface area contributed by atoms with Crippen molar-refractivity contribution >= 4 is 23.4 Å². The number of carbonyl (C=O) groups is 3. The van der Waals surface area contributed by atoms with Gasteiger partial charge in [0.2, 0.25) is 17.7 Å². The highest BCUT2D eigenvalue weighted by molar-refractivity contribution is 5.94. The molecule has 2 rings (SSSR count). The van der Waals surface area contributed by atoms with E-state index in [-0.39, 0.29) is 43.8 Å². The quantitative estimate of drug-likeness (QED) is 0.731. The van der Waals surface area contributed by atoms with Crippen molar-refractivity contribution in [1.82, 2.24) is 10.2 Å². The lowest BCUT2D eigenvalue weighted by Gasteiger charge is -2.22. The number of rotatable bonds is 8. The van der Waals surface area contributed by atoms with Crippen LogP contribution in [-0.4, -0.2) is 35.7 Å². The molecule has 0 aliphatic heterocycles. The molecule has 28 heavy (non-hydrogen) atoms. The summed E-state index contributed by atoms with van der Waals surface area (Å²) >= 11 is 0. The minimum absolute atomic E-state index is 0.0984. The summed E-state index contributed by atoms with van der Waals surface area (Å²) in [6.45, 7) is 5.71. The fourth-order valence-electron chi connectivity index (χ4n) is 2.42. The molecule has 0 fully saturated rings. The third-order valence-corrected chi connectivity index (χ3v) is 3.98. The Morgan fingerprint density at radius 3 is 2.36 bits per heavy atom. The molecule has 3 amide bonds. The first-order valence-corrected chi connectivity index (χ1v) is 9.19. The summed E-state index contributed by atoms with van der Waals surface area (Å²) in [5.41, 5.74) is 0.141. The summed E-state index contributed by atoms with van der Waals surface area (Å²) in [5, 5.41) is 5.52. The SMILES string of the molecule is CC(C)(C)C(=O)NCCC(=O)N(CC(=O)Nc1ccccc1)Cc1ccco1. The van der Waals surface area contributed by atoms with Crippen LogP contribution >= 0.6 is 0 Å². The maximum Gasteiger partial charge on any atom is 0.244 e. The third kappa shape index (κ3) is 6.90. The second-order valence-corrected chi connectivity index (χ2v) is 7.50. The molecule has 0 aliphatic carbocycles. The van der Waals surface area contributed by atoms with Gasteiger partial charge in [0.25, 0.3) is 0 Å². The molecule has 150 valence electrons. The summed E-state index contributed by atoms with van der Waals surface area (Å²) in [4.78, 5) is 38.4. The van der Waals surface area contributed by atoms with Crippen molar-refractivity contribution in [3.63, 3.8) is 0 Å². The van der Waals surface area contributed by atoms with Crippen molar-refractivity contribution in [1.29, 1.82) is 0 Å². The van der Waals surface area contributed by atoms with Gasteiger partial charge < -0.3 is 20.0 Å². The minimum atomic E-state index is -0.521. The zero-order chi connectivity index (χ0) is 20.6. The van der Waals surface area contributed by atoms with Crippen molar-refractivity contribution in [2.24, 2.45) is 5.41 Å². The van der Waals surface area contributed by atoms with Crippen molar-refractivity contribution in [3.8, 4) is 0 Å². The van der Waals surface area contributed by atoms with Crippen LogP contribution in [0.3, 0.4) is 0 Å². The van der Waals surface area contributed by atoms with Gasteiger partial charge in [-0.25, -0.2) is 0 Å². The maximum atomic E-state index is 12.6. The first-order chi connectivity index (χ1) is 13.3. The fraction of sp³-hybridized carbons (Fsp3) is 0.381. The smallest absolute Gasteiger partial charge is 0.244 e. The van der Waals surface area contributed by atoms with Crippen molar-refractivity contribution < 1.29 is 18.8 Å². The largest absolute Gasteiger partial charge is 0.467 e. The molecule has 2 N–H and O–H groups in total. The zero-order valence-corrected chi connectivity index (χ0v) is 16.5. The second kappa shape index (κ2) is 9.73. The van der Waals surface area contributed by atoms with Gasteiger partial charge in [-0.3, -0.25) is 14.4 Å². The average Bonchev–Trinajstić information content (AvgIpc) is 3.14. The Kier molecular flexibility index (Phi) is 7.37. The van der Waals surface area contributed by atoms with Crippen molar-refractivity contribution in [2.75, 3.05) is 18.4 Å². The van der Waals surface area contributed by atoms with Crippen LogP contribution < -0.4 is 10.6 Å². The summed E-state index contributed by atoms with van der Waals surface area (Å²) in [6.07, 6.45) is 1.62. The van der Waals surface area contributed by atoms with Gasteiger partial charge in [0.15, 0.2) is 0 Å². The van der Waals surface area contributed by atoms with E-state index in [2.05, 4.69) is 10.6 Å². The molecule has 7 heteroatoms. The lowest BCUT2D eigenvalue weighted by molar-refractivity contribution is -0.135. The van der Waals surface area contributed by atoms with Crippen LogP contribution in [0.15, 0.2) is 53.1 Å². The van der Waals surface area contributed by atoms with E-state index in [9.17, 15) is 14.4 Å². The molecule has 0 spiro atoms. The number of amides is 3. The van der Waals surface area contributed by atoms with Gasteiger partial charge in [0, 0.05) is 24.1 Å². The first-order valence-electron chi connectivity index (χ1n) is 9.19. The van der Waals surface area contributed by atoms with Crippen molar-refractivity contribution in [3.05, 3.63) is 54.5 Å². The van der Waals surface area contributed by atoms with E-state index < -0.39 is 5.41 Å². The molecule has 0 unspecified atom stereocenters. The normalized spacial score (nSPS) is 11.0. The summed E-state index contributed by atoms with van der Waals surface area (Å²) < 4.78 is 5.31. The number of benzene rings is 1. The standard InChI is InChI=1S/C21H27N3O4/c1-21(2,3)20(27)22-12-11-19(26)24(14-17-10-7-13-28-17)15-18(25)23-16-8-5-4-6-9-16/h4-10,13H,11-12,14-15H2,1-3H3,(H,22,27)(H,23,25). The van der Waals surface area contributed by atoms with Crippen LogP contribution in [0.25, 0.3) is 0 Å². The number of nitrogens with one attached hydrogen (secondary N) is 2. The lowest BCUT2D eigenvalue weighted by atomic mass is 9.96. The number of hydrogen-bond donors (Lipinski definition) is 2. The van der Waals surface area contributed by atoms with E-state index in [1.807, 2.05) is 18.2 Å². The molecule has 2 aromatic rings. The van der Waals surface area contributed by atoms with Gasteiger partial charge in [-0.2, -0.15) is 0 Å². The molecule has 0 saturated carbocycles. The highest BCUT2D eigenvalue weighted by Crippen LogP contribution is 2.13. The Hall–Kier alpha value is -3.09. The molecule has 7 nitrogen and oxygen atoms in total. The average molecular weight is 385 g/mol. The minimum Gasteiger partial charge on any atom is -0.467 e. The first kappa shape index (κ1) is 21.2. The van der Waals surface area contributed by atoms with Gasteiger partial charge in [0.1, 0.15) is 12.3 Å². The van der Waals surface area contributed by atoms with E-state index in [1.165, 1.54) is 11.2 Å². The van der Waals surface area contributed by atoms with Crippen LogP contribution in [0, 0.1) is 5.41 Å². The maximum absolute atomic E-state index is 12.6. The highest BCUT2D eigenvalue weighted by Gasteiger charge is 2.22. The Labute approximate surface area is 165 Å². The molecule has 1 aromatic carbocycles. The molecule has 0 aliphatic rings. The summed E-state index contributed by atoms with van der Waals surface area (Å²) in [7, 11) is 0. The predicted octanol–water partition coefficient (Wildman–Crippen LogP) is 2.80. The number of para-hydroxylation sites is 1. The lowest BCUT2D eigenvalue weighted by Crippen LogP contribution is -2.40. The summed E-state index contributed by atoms with van der Waals surface area (Å²) in [6, 6.07) is 12.5. The van der Waals surface area contributed by atoms with Crippen LogP contribution in [0.1, 0.15) is 33.0 Å². The van der Waals surface area contributed by atoms with Crippen LogP contribution in [0.2, 0.25) is 0 Å². The Morgan fingerprint density at radius 2 is 1.75 bits per heavy atom. The predicted molar refractivity (Wildman–Crippen MR) is 106 cm³/mol. The molecule has 0 radical (unpaired) electrons. The van der Waals surface area contributed by atoms with Gasteiger partial charge in [0.05, 0.1) is 12.8 Å². The number of hydrogen-bond acceptors (Lipinski definition) is 4. The number of anilines is 1. The molecule has 0 atom stereocenters. The molecule has 0 saturated heterocycles. The van der Waals surface area contributed by atoms with E-state index in [0.29, 0.717) is 11.4 Å².